The number of rotatable bonds is 11. The van der Waals surface area contributed by atoms with Crippen molar-refractivity contribution in [3.05, 3.63) is 34.9 Å². The van der Waals surface area contributed by atoms with E-state index in [1.807, 2.05) is 32.0 Å². The highest BCUT2D eigenvalue weighted by atomic mass is 35.5. The molecule has 1 aliphatic carbocycles. The summed E-state index contributed by atoms with van der Waals surface area (Å²) < 4.78 is 5.55. The van der Waals surface area contributed by atoms with Crippen molar-refractivity contribution in [3.8, 4) is 0 Å². The van der Waals surface area contributed by atoms with Crippen LogP contribution in [0.15, 0.2) is 24.3 Å². The van der Waals surface area contributed by atoms with Gasteiger partial charge in [-0.15, -0.1) is 0 Å². The van der Waals surface area contributed by atoms with Crippen molar-refractivity contribution in [2.24, 2.45) is 11.8 Å². The number of carbonyl (C=O) groups excluding carboxylic acids is 3. The van der Waals surface area contributed by atoms with Crippen LogP contribution in [0.3, 0.4) is 0 Å². The number of aliphatic hydroxyl groups is 1. The Hall–Kier alpha value is -2.32. The number of aliphatic hydroxyl groups excluding tert-OH is 1. The fourth-order valence-corrected chi connectivity index (χ4v) is 4.45. The molecule has 9 heteroatoms. The number of amides is 3. The van der Waals surface area contributed by atoms with Crippen LogP contribution in [0.25, 0.3) is 0 Å². The number of hydrogen-bond donors (Lipinski definition) is 4. The van der Waals surface area contributed by atoms with Crippen molar-refractivity contribution in [1.29, 1.82) is 0 Å². The molecular weight excluding hydrogens is 446 g/mol. The van der Waals surface area contributed by atoms with Gasteiger partial charge in [-0.3, -0.25) is 9.59 Å². The summed E-state index contributed by atoms with van der Waals surface area (Å²) in [5.41, 5.74) is 0.642. The number of ether oxygens (including phenoxy) is 1. The first-order valence-corrected chi connectivity index (χ1v) is 12.0. The zero-order chi connectivity index (χ0) is 24.0. The van der Waals surface area contributed by atoms with E-state index < -0.39 is 24.1 Å². The molecule has 1 aromatic rings. The van der Waals surface area contributed by atoms with E-state index in [1.54, 1.807) is 6.07 Å². The lowest BCUT2D eigenvalue weighted by atomic mass is 9.98. The highest BCUT2D eigenvalue weighted by Crippen LogP contribution is 2.39. The summed E-state index contributed by atoms with van der Waals surface area (Å²) in [6.07, 6.45) is 2.04. The molecule has 0 aromatic heterocycles. The van der Waals surface area contributed by atoms with Gasteiger partial charge in [0.15, 0.2) is 6.10 Å². The van der Waals surface area contributed by atoms with Gasteiger partial charge in [0.25, 0.3) is 5.91 Å². The number of benzene rings is 1. The van der Waals surface area contributed by atoms with E-state index in [9.17, 15) is 19.5 Å². The third kappa shape index (κ3) is 7.61. The minimum Gasteiger partial charge on any atom is -0.436 e. The topological polar surface area (TPSA) is 117 Å². The van der Waals surface area contributed by atoms with E-state index in [0.29, 0.717) is 37.3 Å². The number of halogens is 1. The van der Waals surface area contributed by atoms with E-state index in [-0.39, 0.29) is 29.9 Å². The van der Waals surface area contributed by atoms with Gasteiger partial charge in [-0.2, -0.15) is 0 Å². The summed E-state index contributed by atoms with van der Waals surface area (Å²) in [7, 11) is 0. The minimum atomic E-state index is -0.988. The first-order chi connectivity index (χ1) is 15.7. The molecule has 3 atom stereocenters. The molecule has 1 saturated heterocycles. The number of hydrogen-bond acceptors (Lipinski definition) is 5. The maximum atomic E-state index is 12.9. The zero-order valence-corrected chi connectivity index (χ0v) is 20.0. The number of carbonyl (C=O) groups is 3. The molecule has 1 saturated carbocycles. The molecule has 1 heterocycles. The molecule has 0 spiro atoms. The largest absolute Gasteiger partial charge is 0.436 e. The molecule has 3 amide bonds. The van der Waals surface area contributed by atoms with Crippen molar-refractivity contribution in [2.75, 3.05) is 13.2 Å². The minimum absolute atomic E-state index is 0.0634. The van der Waals surface area contributed by atoms with Crippen molar-refractivity contribution in [2.45, 2.75) is 70.1 Å². The third-order valence-corrected chi connectivity index (χ3v) is 6.41. The quantitative estimate of drug-likeness (QED) is 0.389. The Morgan fingerprint density at radius 1 is 1.33 bits per heavy atom. The Bertz CT molecular complexity index is 858. The Morgan fingerprint density at radius 2 is 2.09 bits per heavy atom. The second-order valence-electron chi connectivity index (χ2n) is 9.64. The maximum Gasteiger partial charge on any atom is 0.408 e. The fraction of sp³-hybridized carbons (Fsp3) is 0.625. The van der Waals surface area contributed by atoms with Gasteiger partial charge in [-0.1, -0.05) is 37.6 Å². The molecule has 33 heavy (non-hydrogen) atoms. The third-order valence-electron chi connectivity index (χ3n) is 6.18. The fourth-order valence-electron chi connectivity index (χ4n) is 4.23. The molecule has 1 aromatic carbocycles. The molecule has 0 bridgehead atoms. The Balaban J connectivity index is 1.56. The molecule has 182 valence electrons. The van der Waals surface area contributed by atoms with Crippen LogP contribution in [0.5, 0.6) is 0 Å². The number of nitrogens with one attached hydrogen (secondary N) is 3. The highest BCUT2D eigenvalue weighted by molar-refractivity contribution is 6.30. The van der Waals surface area contributed by atoms with E-state index in [2.05, 4.69) is 16.0 Å². The van der Waals surface area contributed by atoms with Gasteiger partial charge in [0.05, 0.1) is 12.6 Å². The molecule has 0 radical (unpaired) electrons. The van der Waals surface area contributed by atoms with E-state index >= 15 is 0 Å². The average Bonchev–Trinajstić information content (AvgIpc) is 3.36. The van der Waals surface area contributed by atoms with E-state index in [0.717, 1.165) is 18.4 Å². The lowest BCUT2D eigenvalue weighted by Crippen LogP contribution is -2.48. The van der Waals surface area contributed by atoms with Gasteiger partial charge in [0.1, 0.15) is 0 Å². The molecule has 3 rings (SSSR count). The summed E-state index contributed by atoms with van der Waals surface area (Å²) in [6, 6.07) is 6.95. The Kier molecular flexibility index (Phi) is 8.59. The van der Waals surface area contributed by atoms with Crippen molar-refractivity contribution < 1.29 is 24.2 Å². The SMILES string of the molecule is CC(C)C[C@H](OC(=O)NC1(Cc2cccc(Cl)c2)CC1)C(=O)N[C@H](CO)C[C@@H]1CCNC1=O. The second-order valence-corrected chi connectivity index (χ2v) is 10.1. The summed E-state index contributed by atoms with van der Waals surface area (Å²) in [5.74, 6) is -0.651. The molecule has 0 unspecified atom stereocenters. The van der Waals surface area contributed by atoms with E-state index in [1.165, 1.54) is 0 Å². The van der Waals surface area contributed by atoms with Gasteiger partial charge >= 0.3 is 6.09 Å². The van der Waals surface area contributed by atoms with Gasteiger partial charge < -0.3 is 25.8 Å². The smallest absolute Gasteiger partial charge is 0.408 e. The molecule has 2 aliphatic rings. The van der Waals surface area contributed by atoms with Crippen LogP contribution in [0.2, 0.25) is 5.02 Å². The molecule has 1 aliphatic heterocycles. The number of alkyl carbamates (subject to hydrolysis) is 1. The first-order valence-electron chi connectivity index (χ1n) is 11.6. The lowest BCUT2D eigenvalue weighted by molar-refractivity contribution is -0.132. The van der Waals surface area contributed by atoms with Crippen molar-refractivity contribution >= 4 is 29.5 Å². The maximum absolute atomic E-state index is 12.9. The van der Waals surface area contributed by atoms with Crippen LogP contribution in [0.1, 0.15) is 51.5 Å². The van der Waals surface area contributed by atoms with Crippen LogP contribution in [0, 0.1) is 11.8 Å². The van der Waals surface area contributed by atoms with Gasteiger partial charge in [-0.25, -0.2) is 4.79 Å². The molecule has 8 nitrogen and oxygen atoms in total. The Labute approximate surface area is 199 Å². The molecule has 4 N–H and O–H groups in total. The van der Waals surface area contributed by atoms with Crippen LogP contribution in [-0.4, -0.2) is 53.9 Å². The van der Waals surface area contributed by atoms with Crippen LogP contribution >= 0.6 is 11.6 Å². The Morgan fingerprint density at radius 3 is 2.67 bits per heavy atom. The summed E-state index contributed by atoms with van der Waals surface area (Å²) in [6.45, 7) is 4.19. The monoisotopic (exact) mass is 479 g/mol. The first kappa shape index (κ1) is 25.3. The van der Waals surface area contributed by atoms with Crippen LogP contribution < -0.4 is 16.0 Å². The average molecular weight is 480 g/mol. The predicted octanol–water partition coefficient (Wildman–Crippen LogP) is 2.56. The van der Waals surface area contributed by atoms with E-state index in [4.69, 9.17) is 16.3 Å². The van der Waals surface area contributed by atoms with Crippen molar-refractivity contribution in [3.63, 3.8) is 0 Å². The van der Waals surface area contributed by atoms with Crippen molar-refractivity contribution in [1.82, 2.24) is 16.0 Å². The predicted molar refractivity (Wildman–Crippen MR) is 125 cm³/mol. The standard InChI is InChI=1S/C24H34ClN3O5/c1-15(2)10-20(22(31)27-19(14-29)12-17-6-9-26-21(17)30)33-23(32)28-24(7-8-24)13-16-4-3-5-18(25)11-16/h3-5,11,15,17,19-20,29H,6-10,12-14H2,1-2H3,(H,26,30)(H,27,31)(H,28,32)/t17-,19-,20-/m0/s1. The molecular formula is C24H34ClN3O5. The highest BCUT2D eigenvalue weighted by Gasteiger charge is 2.45. The summed E-state index contributed by atoms with van der Waals surface area (Å²) in [5, 5.41) is 18.8. The van der Waals surface area contributed by atoms with Crippen LogP contribution in [-0.2, 0) is 20.7 Å². The van der Waals surface area contributed by atoms with Gasteiger partial charge in [0, 0.05) is 23.0 Å². The van der Waals surface area contributed by atoms with Gasteiger partial charge in [0.2, 0.25) is 5.91 Å². The summed E-state index contributed by atoms with van der Waals surface area (Å²) in [4.78, 5) is 37.4. The van der Waals surface area contributed by atoms with Gasteiger partial charge in [-0.05, 0) is 62.1 Å². The molecule has 2 fully saturated rings. The second kappa shape index (κ2) is 11.2. The summed E-state index contributed by atoms with van der Waals surface area (Å²) >= 11 is 6.07. The van der Waals surface area contributed by atoms with Crippen LogP contribution in [0.4, 0.5) is 4.79 Å². The zero-order valence-electron chi connectivity index (χ0n) is 19.2. The lowest BCUT2D eigenvalue weighted by Gasteiger charge is -2.25. The normalized spacial score (nSPS) is 20.6.